The molecule has 5 rings (SSSR count). The number of ketones is 1. The third kappa shape index (κ3) is 4.33. The fraction of sp³-hybridized carbons (Fsp3) is 0.231. The number of anilines is 1. The Balaban J connectivity index is 1.46. The normalized spacial score (nSPS) is 12.6. The van der Waals surface area contributed by atoms with Gasteiger partial charge in [0, 0.05) is 34.7 Å². The Bertz CT molecular complexity index is 1350. The summed E-state index contributed by atoms with van der Waals surface area (Å²) in [5.74, 6) is 1.30. The Morgan fingerprint density at radius 1 is 1.12 bits per heavy atom. The molecule has 1 aliphatic heterocycles. The first-order valence-corrected chi connectivity index (χ1v) is 12.2. The van der Waals surface area contributed by atoms with Gasteiger partial charge in [-0.2, -0.15) is 0 Å². The van der Waals surface area contributed by atoms with Crippen LogP contribution in [0.25, 0.3) is 22.2 Å². The van der Waals surface area contributed by atoms with Gasteiger partial charge >= 0.3 is 0 Å². The molecule has 0 bridgehead atoms. The fourth-order valence-corrected chi connectivity index (χ4v) is 4.70. The third-order valence-electron chi connectivity index (χ3n) is 5.68. The number of hydrogen-bond acceptors (Lipinski definition) is 6. The average molecular weight is 478 g/mol. The number of carbonyl (C=O) groups excluding carboxylic acids is 1. The number of nitrogens with one attached hydrogen (secondary N) is 2. The van der Waals surface area contributed by atoms with Gasteiger partial charge in [-0.1, -0.05) is 37.4 Å². The molecule has 0 amide bonds. The highest BCUT2D eigenvalue weighted by molar-refractivity contribution is 8.00. The van der Waals surface area contributed by atoms with Crippen molar-refractivity contribution in [2.24, 2.45) is 0 Å². The van der Waals surface area contributed by atoms with Crippen LogP contribution in [0.3, 0.4) is 0 Å². The van der Waals surface area contributed by atoms with E-state index in [2.05, 4.69) is 21.6 Å². The number of benzene rings is 2. The lowest BCUT2D eigenvalue weighted by molar-refractivity contribution is 0.103. The summed E-state index contributed by atoms with van der Waals surface area (Å²) in [5.41, 5.74) is 2.97. The molecular weight excluding hydrogens is 453 g/mol. The number of aromatic amines is 1. The van der Waals surface area contributed by atoms with Crippen molar-refractivity contribution in [2.75, 3.05) is 23.7 Å². The van der Waals surface area contributed by atoms with E-state index >= 15 is 4.39 Å². The van der Waals surface area contributed by atoms with Crippen LogP contribution in [-0.2, 0) is 0 Å². The SMILES string of the molecule is CCCCSNc1cccc(C(=O)c2c[nH]c3ncc(-c4ccc5c(c4)OCCO5)cc23)c1F. The fourth-order valence-electron chi connectivity index (χ4n) is 3.85. The molecule has 0 radical (unpaired) electrons. The van der Waals surface area contributed by atoms with E-state index in [1.165, 1.54) is 18.0 Å². The zero-order valence-corrected chi connectivity index (χ0v) is 19.5. The van der Waals surface area contributed by atoms with E-state index < -0.39 is 11.6 Å². The number of pyridine rings is 1. The summed E-state index contributed by atoms with van der Waals surface area (Å²) >= 11 is 1.44. The molecule has 2 N–H and O–H groups in total. The number of fused-ring (bicyclic) bond motifs is 2. The van der Waals surface area contributed by atoms with Crippen LogP contribution in [-0.4, -0.2) is 34.7 Å². The highest BCUT2D eigenvalue weighted by atomic mass is 32.2. The molecule has 2 aromatic carbocycles. The van der Waals surface area contributed by atoms with E-state index in [1.54, 1.807) is 24.5 Å². The Hall–Kier alpha value is -3.52. The van der Waals surface area contributed by atoms with Crippen LogP contribution in [0.1, 0.15) is 35.7 Å². The van der Waals surface area contributed by atoms with E-state index in [9.17, 15) is 4.79 Å². The summed E-state index contributed by atoms with van der Waals surface area (Å²) in [6.45, 7) is 3.13. The average Bonchev–Trinajstić information content (AvgIpc) is 3.30. The first-order valence-electron chi connectivity index (χ1n) is 11.2. The number of ether oxygens (including phenoxy) is 2. The first-order chi connectivity index (χ1) is 16.7. The lowest BCUT2D eigenvalue weighted by Crippen LogP contribution is -2.15. The number of carbonyl (C=O) groups is 1. The van der Waals surface area contributed by atoms with E-state index in [0.29, 0.717) is 47.0 Å². The highest BCUT2D eigenvalue weighted by Gasteiger charge is 2.21. The maximum absolute atomic E-state index is 15.2. The smallest absolute Gasteiger partial charge is 0.198 e. The minimum atomic E-state index is -0.554. The van der Waals surface area contributed by atoms with Gasteiger partial charge in [0.1, 0.15) is 18.9 Å². The van der Waals surface area contributed by atoms with Gasteiger partial charge in [-0.15, -0.1) is 0 Å². The van der Waals surface area contributed by atoms with Gasteiger partial charge in [0.25, 0.3) is 0 Å². The van der Waals surface area contributed by atoms with Crippen molar-refractivity contribution in [3.63, 3.8) is 0 Å². The maximum Gasteiger partial charge on any atom is 0.198 e. The molecule has 0 fully saturated rings. The molecule has 0 unspecified atom stereocenters. The van der Waals surface area contributed by atoms with Crippen LogP contribution in [0.2, 0.25) is 0 Å². The number of hydrogen-bond donors (Lipinski definition) is 2. The van der Waals surface area contributed by atoms with E-state index in [0.717, 1.165) is 29.7 Å². The van der Waals surface area contributed by atoms with Gasteiger partial charge in [-0.3, -0.25) is 4.79 Å². The van der Waals surface area contributed by atoms with Gasteiger partial charge in [-0.05, 0) is 42.3 Å². The van der Waals surface area contributed by atoms with Crippen molar-refractivity contribution in [1.82, 2.24) is 9.97 Å². The predicted octanol–water partition coefficient (Wildman–Crippen LogP) is 6.23. The maximum atomic E-state index is 15.2. The van der Waals surface area contributed by atoms with Crippen LogP contribution in [0.15, 0.2) is 54.9 Å². The van der Waals surface area contributed by atoms with Crippen LogP contribution in [0.5, 0.6) is 11.5 Å². The first kappa shape index (κ1) is 22.3. The molecule has 0 saturated heterocycles. The standard InChI is InChI=1S/C26H24FN3O3S/c1-2-3-11-34-30-21-6-4-5-18(24(21)27)25(31)20-15-29-26-19(20)12-17(14-28-26)16-7-8-22-23(13-16)33-10-9-32-22/h4-8,12-15,30H,2-3,9-11H2,1H3,(H,28,29). The number of nitrogens with zero attached hydrogens (tertiary/aromatic N) is 1. The molecular formula is C26H24FN3O3S. The molecule has 0 atom stereocenters. The minimum Gasteiger partial charge on any atom is -0.486 e. The summed E-state index contributed by atoms with van der Waals surface area (Å²) in [6.07, 6.45) is 5.42. The van der Waals surface area contributed by atoms with E-state index in [1.807, 2.05) is 24.3 Å². The number of rotatable bonds is 8. The predicted molar refractivity (Wildman–Crippen MR) is 133 cm³/mol. The van der Waals surface area contributed by atoms with Gasteiger partial charge in [0.2, 0.25) is 0 Å². The molecule has 0 aliphatic carbocycles. The van der Waals surface area contributed by atoms with Gasteiger partial charge in [-0.25, -0.2) is 9.37 Å². The molecule has 6 nitrogen and oxygen atoms in total. The molecule has 0 spiro atoms. The van der Waals surface area contributed by atoms with Crippen molar-refractivity contribution in [2.45, 2.75) is 19.8 Å². The van der Waals surface area contributed by atoms with Gasteiger partial charge < -0.3 is 19.2 Å². The quantitative estimate of drug-likeness (QED) is 0.178. The molecule has 4 aromatic rings. The lowest BCUT2D eigenvalue weighted by atomic mass is 10.00. The Labute approximate surface area is 201 Å². The molecule has 174 valence electrons. The Morgan fingerprint density at radius 3 is 2.82 bits per heavy atom. The largest absolute Gasteiger partial charge is 0.486 e. The molecule has 0 saturated carbocycles. The molecule has 3 heterocycles. The van der Waals surface area contributed by atoms with Crippen molar-refractivity contribution in [3.05, 3.63) is 71.8 Å². The van der Waals surface area contributed by atoms with Crippen molar-refractivity contribution in [1.29, 1.82) is 0 Å². The Morgan fingerprint density at radius 2 is 1.97 bits per heavy atom. The summed E-state index contributed by atoms with van der Waals surface area (Å²) in [4.78, 5) is 20.9. The molecule has 2 aromatic heterocycles. The van der Waals surface area contributed by atoms with Crippen molar-refractivity contribution < 1.29 is 18.7 Å². The number of unbranched alkanes of at least 4 members (excludes halogenated alkanes) is 1. The van der Waals surface area contributed by atoms with Crippen molar-refractivity contribution >= 4 is 34.5 Å². The van der Waals surface area contributed by atoms with Crippen LogP contribution >= 0.6 is 11.9 Å². The summed E-state index contributed by atoms with van der Waals surface area (Å²) in [7, 11) is 0. The summed E-state index contributed by atoms with van der Waals surface area (Å²) < 4.78 is 29.5. The van der Waals surface area contributed by atoms with Gasteiger partial charge in [0.15, 0.2) is 23.1 Å². The minimum absolute atomic E-state index is 0.0201. The highest BCUT2D eigenvalue weighted by Crippen LogP contribution is 2.35. The second-order valence-electron chi connectivity index (χ2n) is 7.98. The van der Waals surface area contributed by atoms with Crippen LogP contribution in [0.4, 0.5) is 10.1 Å². The number of halogens is 1. The number of H-pyrrole nitrogens is 1. The Kier molecular flexibility index (Phi) is 6.40. The van der Waals surface area contributed by atoms with Crippen molar-refractivity contribution in [3.8, 4) is 22.6 Å². The third-order valence-corrected chi connectivity index (χ3v) is 6.53. The van der Waals surface area contributed by atoms with Crippen LogP contribution < -0.4 is 14.2 Å². The monoisotopic (exact) mass is 477 g/mol. The molecule has 1 aliphatic rings. The van der Waals surface area contributed by atoms with E-state index in [4.69, 9.17) is 9.47 Å². The lowest BCUT2D eigenvalue weighted by Gasteiger charge is -2.18. The summed E-state index contributed by atoms with van der Waals surface area (Å²) in [6, 6.07) is 12.4. The second kappa shape index (κ2) is 9.77. The van der Waals surface area contributed by atoms with E-state index in [-0.39, 0.29) is 5.56 Å². The van der Waals surface area contributed by atoms with Crippen LogP contribution in [0, 0.1) is 5.82 Å². The topological polar surface area (TPSA) is 76.2 Å². The summed E-state index contributed by atoms with van der Waals surface area (Å²) in [5, 5.41) is 0.632. The second-order valence-corrected chi connectivity index (χ2v) is 8.88. The zero-order chi connectivity index (χ0) is 23.5. The zero-order valence-electron chi connectivity index (χ0n) is 18.7. The van der Waals surface area contributed by atoms with Gasteiger partial charge in [0.05, 0.1) is 11.3 Å². The molecule has 34 heavy (non-hydrogen) atoms. The molecule has 8 heteroatoms. The number of aromatic nitrogens is 2.